The fourth-order valence-corrected chi connectivity index (χ4v) is 4.91. The molecule has 2 amide bonds. The van der Waals surface area contributed by atoms with Crippen molar-refractivity contribution in [3.8, 4) is 5.75 Å². The molecule has 0 radical (unpaired) electrons. The number of hydrogen-bond donors (Lipinski definition) is 3. The van der Waals surface area contributed by atoms with Crippen molar-refractivity contribution < 1.29 is 19.1 Å². The number of carbonyl (C=O) groups excluding carboxylic acids is 2. The smallest absolute Gasteiger partial charge is 0.408 e. The second kappa shape index (κ2) is 8.71. The van der Waals surface area contributed by atoms with Crippen molar-refractivity contribution >= 4 is 40.8 Å². The minimum Gasteiger partial charge on any atom is -0.482 e. The minimum absolute atomic E-state index is 0.0457. The molecule has 1 saturated heterocycles. The summed E-state index contributed by atoms with van der Waals surface area (Å²) < 4.78 is 10.9. The Labute approximate surface area is 208 Å². The van der Waals surface area contributed by atoms with Crippen LogP contribution in [0.25, 0.3) is 0 Å². The number of nitrogens with one attached hydrogen (secondary N) is 3. The highest BCUT2D eigenvalue weighted by atomic mass is 16.6. The summed E-state index contributed by atoms with van der Waals surface area (Å²) in [5, 5.41) is 9.50. The Morgan fingerprint density at radius 1 is 1.14 bits per heavy atom. The standard InChI is InChI=1S/C26H26N6O4/c1-3-8-32-19-11-17(6-7-20(19)35-13-22(32)33)28-24-14(2)12-27-25(31-24)29-16-5-4-15-9-21-23(18(15)10-16)30-26(34)36-21/h4-7,10-12,21,23H,3,8-9,13H2,1-2H3,(H,30,34)(H2,27,28,29,31)/t21-,23+/m0/s1. The predicted molar refractivity (Wildman–Crippen MR) is 134 cm³/mol. The summed E-state index contributed by atoms with van der Waals surface area (Å²) in [6, 6.07) is 11.6. The molecule has 2 aromatic carbocycles. The maximum Gasteiger partial charge on any atom is 0.408 e. The van der Waals surface area contributed by atoms with Gasteiger partial charge in [0.25, 0.3) is 5.91 Å². The number of hydrogen-bond acceptors (Lipinski definition) is 8. The Morgan fingerprint density at radius 3 is 2.83 bits per heavy atom. The van der Waals surface area contributed by atoms with Crippen molar-refractivity contribution in [2.75, 3.05) is 28.7 Å². The van der Waals surface area contributed by atoms with Gasteiger partial charge in [0.15, 0.2) is 6.61 Å². The highest BCUT2D eigenvalue weighted by Gasteiger charge is 2.41. The number of alkyl carbamates (subject to hydrolysis) is 1. The van der Waals surface area contributed by atoms with Crippen molar-refractivity contribution in [3.05, 3.63) is 59.3 Å². The Balaban J connectivity index is 1.23. The van der Waals surface area contributed by atoms with Gasteiger partial charge < -0.3 is 30.3 Å². The molecule has 10 nitrogen and oxygen atoms in total. The summed E-state index contributed by atoms with van der Waals surface area (Å²) in [5.41, 5.74) is 5.45. The Bertz CT molecular complexity index is 1380. The van der Waals surface area contributed by atoms with Gasteiger partial charge in [-0.1, -0.05) is 13.0 Å². The number of benzene rings is 2. The first kappa shape index (κ1) is 22.1. The lowest BCUT2D eigenvalue weighted by molar-refractivity contribution is -0.121. The molecule has 0 bridgehead atoms. The lowest BCUT2D eigenvalue weighted by Gasteiger charge is -2.29. The number of fused-ring (bicyclic) bond motifs is 4. The van der Waals surface area contributed by atoms with E-state index in [9.17, 15) is 9.59 Å². The van der Waals surface area contributed by atoms with E-state index in [0.717, 1.165) is 40.2 Å². The van der Waals surface area contributed by atoms with E-state index in [1.165, 1.54) is 0 Å². The lowest BCUT2D eigenvalue weighted by Crippen LogP contribution is -2.39. The predicted octanol–water partition coefficient (Wildman–Crippen LogP) is 4.11. The van der Waals surface area contributed by atoms with Crippen molar-refractivity contribution in [2.45, 2.75) is 38.8 Å². The first-order valence-electron chi connectivity index (χ1n) is 12.0. The van der Waals surface area contributed by atoms with E-state index in [4.69, 9.17) is 9.47 Å². The van der Waals surface area contributed by atoms with Gasteiger partial charge in [0.1, 0.15) is 17.7 Å². The zero-order chi connectivity index (χ0) is 24.8. The van der Waals surface area contributed by atoms with Crippen LogP contribution in [0.5, 0.6) is 5.75 Å². The summed E-state index contributed by atoms with van der Waals surface area (Å²) in [6.07, 6.45) is 2.79. The molecule has 3 N–H and O–H groups in total. The average Bonchev–Trinajstić information content (AvgIpc) is 3.39. The van der Waals surface area contributed by atoms with E-state index in [1.54, 1.807) is 11.1 Å². The molecule has 36 heavy (non-hydrogen) atoms. The SMILES string of the molecule is CCCN1C(=O)COc2ccc(Nc3nc(Nc4ccc5c(c4)[C@H]4NC(=O)O[C@H]4C5)ncc3C)cc21. The number of nitrogens with zero attached hydrogens (tertiary/aromatic N) is 3. The quantitative estimate of drug-likeness (QED) is 0.476. The molecule has 2 atom stereocenters. The van der Waals surface area contributed by atoms with Crippen molar-refractivity contribution in [2.24, 2.45) is 0 Å². The lowest BCUT2D eigenvalue weighted by atomic mass is 10.1. The van der Waals surface area contributed by atoms with Crippen LogP contribution < -0.4 is 25.6 Å². The van der Waals surface area contributed by atoms with Gasteiger partial charge in [0.2, 0.25) is 5.95 Å². The van der Waals surface area contributed by atoms with Gasteiger partial charge in [0, 0.05) is 36.1 Å². The van der Waals surface area contributed by atoms with E-state index in [2.05, 4.69) is 25.9 Å². The Kier molecular flexibility index (Phi) is 5.36. The van der Waals surface area contributed by atoms with E-state index in [-0.39, 0.29) is 30.8 Å². The van der Waals surface area contributed by atoms with Gasteiger partial charge in [-0.3, -0.25) is 4.79 Å². The van der Waals surface area contributed by atoms with Crippen LogP contribution in [0, 0.1) is 6.92 Å². The molecule has 6 rings (SSSR count). The third-order valence-corrected chi connectivity index (χ3v) is 6.65. The molecule has 3 aromatic rings. The summed E-state index contributed by atoms with van der Waals surface area (Å²) in [7, 11) is 0. The third kappa shape index (κ3) is 3.94. The van der Waals surface area contributed by atoms with E-state index in [0.29, 0.717) is 30.5 Å². The minimum atomic E-state index is -0.373. The van der Waals surface area contributed by atoms with Gasteiger partial charge >= 0.3 is 6.09 Å². The van der Waals surface area contributed by atoms with Crippen LogP contribution in [0.2, 0.25) is 0 Å². The first-order chi connectivity index (χ1) is 17.5. The molecule has 2 aliphatic heterocycles. The molecule has 184 valence electrons. The van der Waals surface area contributed by atoms with Crippen LogP contribution >= 0.6 is 0 Å². The van der Waals surface area contributed by atoms with E-state index < -0.39 is 0 Å². The number of rotatable bonds is 6. The second-order valence-electron chi connectivity index (χ2n) is 9.18. The number of anilines is 5. The van der Waals surface area contributed by atoms with Crippen LogP contribution in [-0.2, 0) is 16.0 Å². The van der Waals surface area contributed by atoms with Gasteiger partial charge in [-0.2, -0.15) is 4.98 Å². The summed E-state index contributed by atoms with van der Waals surface area (Å²) >= 11 is 0. The Morgan fingerprint density at radius 2 is 1.97 bits per heavy atom. The topological polar surface area (TPSA) is 118 Å². The fraction of sp³-hybridized carbons (Fsp3) is 0.308. The molecule has 0 unspecified atom stereocenters. The molecule has 3 heterocycles. The fourth-order valence-electron chi connectivity index (χ4n) is 4.91. The molecule has 0 saturated carbocycles. The van der Waals surface area contributed by atoms with E-state index in [1.807, 2.05) is 50.2 Å². The van der Waals surface area contributed by atoms with Gasteiger partial charge in [-0.15, -0.1) is 0 Å². The zero-order valence-corrected chi connectivity index (χ0v) is 20.0. The normalized spacial score (nSPS) is 19.6. The van der Waals surface area contributed by atoms with Crippen molar-refractivity contribution in [3.63, 3.8) is 0 Å². The number of amides is 2. The number of carbonyl (C=O) groups is 2. The van der Waals surface area contributed by atoms with Gasteiger partial charge in [-0.25, -0.2) is 9.78 Å². The maximum absolute atomic E-state index is 12.4. The molecule has 3 aliphatic rings. The molecule has 10 heteroatoms. The second-order valence-corrected chi connectivity index (χ2v) is 9.18. The average molecular weight is 487 g/mol. The largest absolute Gasteiger partial charge is 0.482 e. The molecule has 1 fully saturated rings. The molecular weight excluding hydrogens is 460 g/mol. The van der Waals surface area contributed by atoms with E-state index >= 15 is 0 Å². The van der Waals surface area contributed by atoms with Crippen molar-refractivity contribution in [1.29, 1.82) is 0 Å². The maximum atomic E-state index is 12.4. The van der Waals surface area contributed by atoms with Crippen LogP contribution in [0.3, 0.4) is 0 Å². The monoisotopic (exact) mass is 486 g/mol. The van der Waals surface area contributed by atoms with Crippen LogP contribution in [0.15, 0.2) is 42.6 Å². The highest BCUT2D eigenvalue weighted by molar-refractivity contribution is 5.98. The number of aromatic nitrogens is 2. The van der Waals surface area contributed by atoms with Crippen LogP contribution in [-0.4, -0.2) is 41.2 Å². The highest BCUT2D eigenvalue weighted by Crippen LogP contribution is 2.39. The first-order valence-corrected chi connectivity index (χ1v) is 12.0. The van der Waals surface area contributed by atoms with Crippen LogP contribution in [0.1, 0.15) is 36.1 Å². The third-order valence-electron chi connectivity index (χ3n) is 6.65. The molecule has 1 aromatic heterocycles. The zero-order valence-electron chi connectivity index (χ0n) is 20.0. The van der Waals surface area contributed by atoms with Crippen molar-refractivity contribution in [1.82, 2.24) is 15.3 Å². The van der Waals surface area contributed by atoms with Gasteiger partial charge in [-0.05, 0) is 54.8 Å². The summed E-state index contributed by atoms with van der Waals surface area (Å²) in [4.78, 5) is 34.8. The molecular formula is C26H26N6O4. The summed E-state index contributed by atoms with van der Waals surface area (Å²) in [5.74, 6) is 1.73. The molecule has 0 spiro atoms. The van der Waals surface area contributed by atoms with Crippen LogP contribution in [0.4, 0.5) is 33.6 Å². The number of aryl methyl sites for hydroxylation is 1. The van der Waals surface area contributed by atoms with Gasteiger partial charge in [0.05, 0.1) is 11.7 Å². The summed E-state index contributed by atoms with van der Waals surface area (Å²) in [6.45, 7) is 4.67. The molecule has 1 aliphatic carbocycles. The Hall–Kier alpha value is -4.34. The number of ether oxygens (including phenoxy) is 2.